The minimum atomic E-state index is -3.60. The summed E-state index contributed by atoms with van der Waals surface area (Å²) in [6, 6.07) is 15.8. The molecule has 0 saturated carbocycles. The second kappa shape index (κ2) is 10.3. The molecule has 3 aromatic rings. The van der Waals surface area contributed by atoms with Crippen LogP contribution in [0.1, 0.15) is 20.8 Å². The van der Waals surface area contributed by atoms with Crippen molar-refractivity contribution >= 4 is 33.4 Å². The number of anilines is 1. The van der Waals surface area contributed by atoms with Crippen LogP contribution < -0.4 is 4.90 Å². The number of hydrogen-bond acceptors (Lipinski definition) is 7. The molecule has 0 bridgehead atoms. The zero-order chi connectivity index (χ0) is 23.3. The summed E-state index contributed by atoms with van der Waals surface area (Å²) in [6.07, 6.45) is 0. The number of amides is 1. The van der Waals surface area contributed by atoms with Crippen molar-refractivity contribution in [1.29, 1.82) is 0 Å². The van der Waals surface area contributed by atoms with E-state index < -0.39 is 15.3 Å². The number of para-hydroxylation sites is 1. The first-order valence-electron chi connectivity index (χ1n) is 10.2. The van der Waals surface area contributed by atoms with Crippen LogP contribution in [0.3, 0.4) is 0 Å². The van der Waals surface area contributed by atoms with Gasteiger partial charge in [-0.25, -0.2) is 8.42 Å². The molecule has 0 aliphatic rings. The van der Waals surface area contributed by atoms with Crippen LogP contribution in [0.25, 0.3) is 11.5 Å². The molecule has 3 rings (SSSR count). The number of carbonyl (C=O) groups is 1. The van der Waals surface area contributed by atoms with Gasteiger partial charge in [-0.2, -0.15) is 4.31 Å². The predicted octanol–water partition coefficient (Wildman–Crippen LogP) is 3.91. The molecule has 0 N–H and O–H groups in total. The molecule has 10 heteroatoms. The number of nitrogens with zero attached hydrogens (tertiary/aromatic N) is 4. The molecule has 2 aromatic carbocycles. The van der Waals surface area contributed by atoms with Gasteiger partial charge in [-0.05, 0) is 37.3 Å². The first-order valence-corrected chi connectivity index (χ1v) is 12.5. The van der Waals surface area contributed by atoms with Gasteiger partial charge in [0.05, 0.1) is 10.1 Å². The molecular formula is C22H26N4O4S2. The topological polar surface area (TPSA) is 96.6 Å². The van der Waals surface area contributed by atoms with Crippen molar-refractivity contribution < 1.29 is 17.6 Å². The molecule has 0 aliphatic carbocycles. The predicted molar refractivity (Wildman–Crippen MR) is 125 cm³/mol. The van der Waals surface area contributed by atoms with Crippen molar-refractivity contribution in [3.8, 4) is 11.5 Å². The molecule has 0 radical (unpaired) electrons. The maximum atomic E-state index is 12.8. The Morgan fingerprint density at radius 1 is 1.06 bits per heavy atom. The molecule has 1 atom stereocenters. The lowest BCUT2D eigenvalue weighted by molar-refractivity contribution is -0.117. The largest absolute Gasteiger partial charge is 0.411 e. The lowest BCUT2D eigenvalue weighted by atomic mass is 10.2. The summed E-state index contributed by atoms with van der Waals surface area (Å²) < 4.78 is 32.7. The second-order valence-electron chi connectivity index (χ2n) is 6.98. The van der Waals surface area contributed by atoms with Crippen LogP contribution >= 0.6 is 11.8 Å². The van der Waals surface area contributed by atoms with Crippen molar-refractivity contribution in [1.82, 2.24) is 14.5 Å². The molecule has 0 saturated heterocycles. The highest BCUT2D eigenvalue weighted by atomic mass is 32.2. The molecule has 1 heterocycles. The van der Waals surface area contributed by atoms with Gasteiger partial charge in [0.25, 0.3) is 5.22 Å². The van der Waals surface area contributed by atoms with E-state index in [9.17, 15) is 13.2 Å². The smallest absolute Gasteiger partial charge is 0.277 e. The van der Waals surface area contributed by atoms with E-state index >= 15 is 0 Å². The molecule has 0 aliphatic heterocycles. The van der Waals surface area contributed by atoms with E-state index in [-0.39, 0.29) is 21.9 Å². The van der Waals surface area contributed by atoms with Crippen LogP contribution in [-0.4, -0.2) is 54.2 Å². The van der Waals surface area contributed by atoms with Gasteiger partial charge >= 0.3 is 0 Å². The summed E-state index contributed by atoms with van der Waals surface area (Å²) in [5.74, 6) is 0.0911. The summed E-state index contributed by atoms with van der Waals surface area (Å²) in [7, 11) is -1.88. The van der Waals surface area contributed by atoms with Crippen LogP contribution in [0.5, 0.6) is 0 Å². The Bertz CT molecular complexity index is 1160. The Labute approximate surface area is 192 Å². The number of benzene rings is 2. The first kappa shape index (κ1) is 24.0. The molecule has 32 heavy (non-hydrogen) atoms. The summed E-state index contributed by atoms with van der Waals surface area (Å²) in [4.78, 5) is 14.5. The Hall–Kier alpha value is -2.69. The Balaban J connectivity index is 1.75. The van der Waals surface area contributed by atoms with Gasteiger partial charge in [-0.15, -0.1) is 10.2 Å². The van der Waals surface area contributed by atoms with Gasteiger partial charge < -0.3 is 9.32 Å². The number of thioether (sulfide) groups is 1. The fourth-order valence-electron chi connectivity index (χ4n) is 3.13. The molecule has 170 valence electrons. The van der Waals surface area contributed by atoms with Crippen LogP contribution in [0.4, 0.5) is 5.69 Å². The van der Waals surface area contributed by atoms with E-state index in [0.29, 0.717) is 18.7 Å². The average molecular weight is 475 g/mol. The quantitative estimate of drug-likeness (QED) is 0.434. The van der Waals surface area contributed by atoms with Crippen molar-refractivity contribution in [2.75, 3.05) is 25.0 Å². The highest BCUT2D eigenvalue weighted by Crippen LogP contribution is 2.29. The summed E-state index contributed by atoms with van der Waals surface area (Å²) >= 11 is 1.15. The minimum absolute atomic E-state index is 0.103. The third kappa shape index (κ3) is 5.20. The van der Waals surface area contributed by atoms with Gasteiger partial charge in [0, 0.05) is 31.4 Å². The fraction of sp³-hybridized carbons (Fsp3) is 0.318. The van der Waals surface area contributed by atoms with E-state index in [1.54, 1.807) is 50.9 Å². The Morgan fingerprint density at radius 3 is 2.41 bits per heavy atom. The monoisotopic (exact) mass is 474 g/mol. The minimum Gasteiger partial charge on any atom is -0.411 e. The number of sulfonamides is 1. The van der Waals surface area contributed by atoms with Gasteiger partial charge in [-0.3, -0.25) is 4.79 Å². The van der Waals surface area contributed by atoms with E-state index in [1.165, 1.54) is 10.4 Å². The van der Waals surface area contributed by atoms with E-state index in [2.05, 4.69) is 10.2 Å². The number of rotatable bonds is 9. The summed E-state index contributed by atoms with van der Waals surface area (Å²) in [6.45, 7) is 6.13. The highest BCUT2D eigenvalue weighted by molar-refractivity contribution is 8.00. The molecular weight excluding hydrogens is 448 g/mol. The Kier molecular flexibility index (Phi) is 7.70. The lowest BCUT2D eigenvalue weighted by Crippen LogP contribution is -2.33. The average Bonchev–Trinajstić information content (AvgIpc) is 3.28. The fourth-order valence-corrected chi connectivity index (χ4v) is 5.41. The van der Waals surface area contributed by atoms with Gasteiger partial charge in [0.15, 0.2) is 0 Å². The zero-order valence-electron chi connectivity index (χ0n) is 18.4. The van der Waals surface area contributed by atoms with Gasteiger partial charge in [0.2, 0.25) is 21.8 Å². The standard InChI is InChI=1S/C22H26N4O4S2/c1-5-26(6-2)32(28,29)19-14-10-11-17(15-19)20-23-24-22(30-20)31-16(3)21(27)25(4)18-12-8-7-9-13-18/h7-16H,5-6H2,1-4H3/t16-/m0/s1. The zero-order valence-corrected chi connectivity index (χ0v) is 20.1. The maximum absolute atomic E-state index is 12.8. The van der Waals surface area contributed by atoms with Crippen LogP contribution in [-0.2, 0) is 14.8 Å². The van der Waals surface area contributed by atoms with Crippen molar-refractivity contribution in [3.63, 3.8) is 0 Å². The van der Waals surface area contributed by atoms with E-state index in [0.717, 1.165) is 17.4 Å². The third-order valence-corrected chi connectivity index (χ3v) is 7.90. The van der Waals surface area contributed by atoms with Crippen molar-refractivity contribution in [2.24, 2.45) is 0 Å². The molecule has 1 aromatic heterocycles. The number of aromatic nitrogens is 2. The molecule has 8 nitrogen and oxygen atoms in total. The van der Waals surface area contributed by atoms with Crippen LogP contribution in [0.2, 0.25) is 0 Å². The maximum Gasteiger partial charge on any atom is 0.277 e. The molecule has 0 fully saturated rings. The first-order chi connectivity index (χ1) is 15.3. The normalized spacial score (nSPS) is 12.7. The molecule has 1 amide bonds. The summed E-state index contributed by atoms with van der Waals surface area (Å²) in [5, 5.41) is 7.84. The van der Waals surface area contributed by atoms with Crippen LogP contribution in [0.15, 0.2) is 69.1 Å². The number of hydrogen-bond donors (Lipinski definition) is 0. The van der Waals surface area contributed by atoms with Crippen LogP contribution in [0, 0.1) is 0 Å². The SMILES string of the molecule is CCN(CC)S(=O)(=O)c1cccc(-c2nnc(S[C@@H](C)C(=O)N(C)c3ccccc3)o2)c1. The van der Waals surface area contributed by atoms with Gasteiger partial charge in [-0.1, -0.05) is 49.9 Å². The van der Waals surface area contributed by atoms with Gasteiger partial charge in [0.1, 0.15) is 0 Å². The van der Waals surface area contributed by atoms with Crippen molar-refractivity contribution in [2.45, 2.75) is 36.1 Å². The van der Waals surface area contributed by atoms with E-state index in [4.69, 9.17) is 4.42 Å². The van der Waals surface area contributed by atoms with Crippen molar-refractivity contribution in [3.05, 3.63) is 54.6 Å². The van der Waals surface area contributed by atoms with E-state index in [1.807, 2.05) is 30.3 Å². The molecule has 0 unspecified atom stereocenters. The molecule has 0 spiro atoms. The highest BCUT2D eigenvalue weighted by Gasteiger charge is 2.24. The summed E-state index contributed by atoms with van der Waals surface area (Å²) in [5.41, 5.74) is 1.29. The lowest BCUT2D eigenvalue weighted by Gasteiger charge is -2.20. The second-order valence-corrected chi connectivity index (χ2v) is 10.2. The third-order valence-electron chi connectivity index (χ3n) is 4.93. The Morgan fingerprint density at radius 2 is 1.75 bits per heavy atom. The number of carbonyl (C=O) groups excluding carboxylic acids is 1.